The Morgan fingerprint density at radius 3 is 2.41 bits per heavy atom. The molecule has 1 aliphatic rings. The molecule has 0 unspecified atom stereocenters. The third kappa shape index (κ3) is 9.83. The van der Waals surface area contributed by atoms with Crippen LogP contribution < -0.4 is 9.04 Å². The van der Waals surface area contributed by atoms with Gasteiger partial charge in [-0.25, -0.2) is 13.2 Å². The maximum Gasteiger partial charge on any atom is 0.410 e. The van der Waals surface area contributed by atoms with Crippen molar-refractivity contribution >= 4 is 33.8 Å². The molecule has 1 saturated heterocycles. The van der Waals surface area contributed by atoms with Crippen molar-refractivity contribution in [2.75, 3.05) is 36.3 Å². The summed E-state index contributed by atoms with van der Waals surface area (Å²) in [6.45, 7) is 8.17. The molecule has 41 heavy (non-hydrogen) atoms. The monoisotopic (exact) mass is 583 g/mol. The third-order valence-corrected chi connectivity index (χ3v) is 7.69. The Hall–Kier alpha value is -4.04. The highest BCUT2D eigenvalue weighted by Crippen LogP contribution is 2.26. The van der Waals surface area contributed by atoms with Crippen LogP contribution in [0.5, 0.6) is 5.75 Å². The van der Waals surface area contributed by atoms with Crippen molar-refractivity contribution < 1.29 is 32.2 Å². The van der Waals surface area contributed by atoms with Crippen LogP contribution >= 0.6 is 0 Å². The lowest BCUT2D eigenvalue weighted by atomic mass is 10.1. The number of piperidine rings is 1. The quantitative estimate of drug-likeness (QED) is 0.367. The van der Waals surface area contributed by atoms with Crippen LogP contribution in [0.2, 0.25) is 0 Å². The maximum absolute atomic E-state index is 13.2. The molecule has 0 aromatic heterocycles. The van der Waals surface area contributed by atoms with Crippen molar-refractivity contribution in [1.29, 1.82) is 5.26 Å². The van der Waals surface area contributed by atoms with E-state index in [1.165, 1.54) is 0 Å². The molecule has 0 bridgehead atoms. The van der Waals surface area contributed by atoms with E-state index in [0.29, 0.717) is 42.9 Å². The normalized spacial score (nSPS) is 14.4. The second-order valence-corrected chi connectivity index (χ2v) is 12.4. The smallest absolute Gasteiger partial charge is 0.410 e. The summed E-state index contributed by atoms with van der Waals surface area (Å²) in [6.07, 6.45) is 4.21. The van der Waals surface area contributed by atoms with E-state index in [9.17, 15) is 18.0 Å². The number of esters is 1. The van der Waals surface area contributed by atoms with Gasteiger partial charge in [-0.3, -0.25) is 9.10 Å². The minimum atomic E-state index is -4.07. The van der Waals surface area contributed by atoms with Gasteiger partial charge in [-0.1, -0.05) is 24.3 Å². The van der Waals surface area contributed by atoms with E-state index in [2.05, 4.69) is 6.07 Å². The van der Waals surface area contributed by atoms with Crippen LogP contribution in [0, 0.1) is 11.3 Å². The van der Waals surface area contributed by atoms with Crippen molar-refractivity contribution in [2.24, 2.45) is 0 Å². The van der Waals surface area contributed by atoms with Crippen LogP contribution in [-0.4, -0.2) is 69.1 Å². The van der Waals surface area contributed by atoms with Gasteiger partial charge in [-0.05, 0) is 69.7 Å². The molecule has 3 rings (SSSR count). The third-order valence-electron chi connectivity index (χ3n) is 6.06. The van der Waals surface area contributed by atoms with Gasteiger partial charge in [-0.15, -0.1) is 0 Å². The van der Waals surface area contributed by atoms with Gasteiger partial charge < -0.3 is 19.1 Å². The van der Waals surface area contributed by atoms with E-state index in [0.717, 1.165) is 9.87 Å². The first-order chi connectivity index (χ1) is 19.4. The van der Waals surface area contributed by atoms with Gasteiger partial charge in [0.1, 0.15) is 17.5 Å². The molecule has 0 aliphatic carbocycles. The standard InChI is InChI=1S/C30H37N3O7S/c1-5-38-28(34)22-41(36,37)33(17-7-10-23-8-6-9-24(20-23)21-31)25-11-13-26(14-12-25)39-27-15-18-32(19-16-27)29(35)40-30(2,3)4/h6-14,20,27H,5,15-19,22H2,1-4H3. The number of carbonyl (C=O) groups excluding carboxylic acids is 2. The molecule has 11 heteroatoms. The number of rotatable bonds is 10. The van der Waals surface area contributed by atoms with E-state index < -0.39 is 27.3 Å². The minimum absolute atomic E-state index is 0.0398. The second-order valence-electron chi connectivity index (χ2n) is 10.5. The van der Waals surface area contributed by atoms with Crippen molar-refractivity contribution in [2.45, 2.75) is 52.2 Å². The summed E-state index contributed by atoms with van der Waals surface area (Å²) in [6, 6.07) is 15.6. The highest BCUT2D eigenvalue weighted by molar-refractivity contribution is 7.93. The van der Waals surface area contributed by atoms with Gasteiger partial charge in [0.15, 0.2) is 5.75 Å². The first kappa shape index (κ1) is 31.5. The number of sulfonamides is 1. The predicted molar refractivity (Wildman–Crippen MR) is 156 cm³/mol. The molecule has 10 nitrogen and oxygen atoms in total. The summed E-state index contributed by atoms with van der Waals surface area (Å²) in [5.41, 5.74) is 1.04. The van der Waals surface area contributed by atoms with Gasteiger partial charge in [0.25, 0.3) is 0 Å². The summed E-state index contributed by atoms with van der Waals surface area (Å²) in [4.78, 5) is 26.0. The molecule has 2 aromatic rings. The zero-order valence-electron chi connectivity index (χ0n) is 23.9. The van der Waals surface area contributed by atoms with Crippen molar-refractivity contribution in [3.63, 3.8) is 0 Å². The van der Waals surface area contributed by atoms with Gasteiger partial charge in [-0.2, -0.15) is 5.26 Å². The van der Waals surface area contributed by atoms with Gasteiger partial charge in [0.2, 0.25) is 10.0 Å². The number of hydrogen-bond donors (Lipinski definition) is 0. The highest BCUT2D eigenvalue weighted by Gasteiger charge is 2.28. The number of amides is 1. The number of nitrogens with zero attached hydrogens (tertiary/aromatic N) is 3. The fraction of sp³-hybridized carbons (Fsp3) is 0.433. The second kappa shape index (κ2) is 14.0. The fourth-order valence-corrected chi connectivity index (χ4v) is 5.46. The molecule has 220 valence electrons. The lowest BCUT2D eigenvalue weighted by molar-refractivity contribution is -0.139. The molecule has 1 amide bonds. The zero-order chi connectivity index (χ0) is 30.0. The first-order valence-electron chi connectivity index (χ1n) is 13.5. The molecule has 0 saturated carbocycles. The molecule has 0 N–H and O–H groups in total. The van der Waals surface area contributed by atoms with E-state index in [1.807, 2.05) is 20.8 Å². The Balaban J connectivity index is 1.70. The van der Waals surface area contributed by atoms with Crippen LogP contribution in [0.15, 0.2) is 54.6 Å². The number of likely N-dealkylation sites (tertiary alicyclic amines) is 1. The molecule has 1 aliphatic heterocycles. The lowest BCUT2D eigenvalue weighted by Crippen LogP contribution is -2.44. The number of nitriles is 1. The Morgan fingerprint density at radius 2 is 1.80 bits per heavy atom. The molecule has 0 spiro atoms. The van der Waals surface area contributed by atoms with Crippen LogP contribution in [0.4, 0.5) is 10.5 Å². The average molecular weight is 584 g/mol. The van der Waals surface area contributed by atoms with Crippen LogP contribution in [-0.2, 0) is 24.3 Å². The first-order valence-corrected chi connectivity index (χ1v) is 15.1. The molecule has 0 radical (unpaired) electrons. The number of benzene rings is 2. The van der Waals surface area contributed by atoms with E-state index >= 15 is 0 Å². The number of ether oxygens (including phenoxy) is 3. The molecule has 2 aromatic carbocycles. The number of carbonyl (C=O) groups is 2. The summed E-state index contributed by atoms with van der Waals surface area (Å²) in [5.74, 6) is -1.07. The average Bonchev–Trinajstić information content (AvgIpc) is 2.91. The number of anilines is 1. The molecule has 1 heterocycles. The van der Waals surface area contributed by atoms with Gasteiger partial charge >= 0.3 is 12.1 Å². The molecular formula is C30H37N3O7S. The van der Waals surface area contributed by atoms with Crippen molar-refractivity contribution in [3.8, 4) is 11.8 Å². The summed E-state index contributed by atoms with van der Waals surface area (Å²) >= 11 is 0. The maximum atomic E-state index is 13.2. The molecule has 1 fully saturated rings. The van der Waals surface area contributed by atoms with Crippen LogP contribution in [0.1, 0.15) is 51.7 Å². The Bertz CT molecular complexity index is 1370. The number of hydrogen-bond acceptors (Lipinski definition) is 8. The van der Waals surface area contributed by atoms with E-state index in [-0.39, 0.29) is 25.3 Å². The Labute approximate surface area is 242 Å². The van der Waals surface area contributed by atoms with Crippen molar-refractivity contribution in [1.82, 2.24) is 4.90 Å². The Kier molecular flexibility index (Phi) is 10.8. The predicted octanol–water partition coefficient (Wildman–Crippen LogP) is 4.75. The summed E-state index contributed by atoms with van der Waals surface area (Å²) in [5, 5.41) is 9.12. The fourth-order valence-electron chi connectivity index (χ4n) is 4.17. The largest absolute Gasteiger partial charge is 0.490 e. The van der Waals surface area contributed by atoms with Gasteiger partial charge in [0, 0.05) is 25.9 Å². The summed E-state index contributed by atoms with van der Waals surface area (Å²) in [7, 11) is -4.07. The lowest BCUT2D eigenvalue weighted by Gasteiger charge is -2.33. The zero-order valence-corrected chi connectivity index (χ0v) is 24.7. The van der Waals surface area contributed by atoms with Gasteiger partial charge in [0.05, 0.1) is 30.5 Å². The van der Waals surface area contributed by atoms with Crippen molar-refractivity contribution in [3.05, 3.63) is 65.7 Å². The molecule has 0 atom stereocenters. The summed E-state index contributed by atoms with van der Waals surface area (Å²) < 4.78 is 44.0. The SMILES string of the molecule is CCOC(=O)CS(=O)(=O)N(CC=Cc1cccc(C#N)c1)c1ccc(OC2CCN(C(=O)OC(C)(C)C)CC2)cc1. The molecular weight excluding hydrogens is 546 g/mol. The van der Waals surface area contributed by atoms with Crippen LogP contribution in [0.3, 0.4) is 0 Å². The minimum Gasteiger partial charge on any atom is -0.490 e. The van der Waals surface area contributed by atoms with Crippen LogP contribution in [0.25, 0.3) is 6.08 Å². The Morgan fingerprint density at radius 1 is 1.12 bits per heavy atom. The van der Waals surface area contributed by atoms with E-state index in [4.69, 9.17) is 19.5 Å². The highest BCUT2D eigenvalue weighted by atomic mass is 32.2. The topological polar surface area (TPSA) is 126 Å². The van der Waals surface area contributed by atoms with E-state index in [1.54, 1.807) is 72.5 Å².